The van der Waals surface area contributed by atoms with E-state index in [1.54, 1.807) is 18.9 Å². The maximum Gasteiger partial charge on any atom is 0.169 e. The molecule has 0 unspecified atom stereocenters. The zero-order valence-corrected chi connectivity index (χ0v) is 15.0. The van der Waals surface area contributed by atoms with Crippen molar-refractivity contribution in [1.29, 1.82) is 0 Å². The van der Waals surface area contributed by atoms with Crippen molar-refractivity contribution >= 4 is 34.4 Å². The van der Waals surface area contributed by atoms with Gasteiger partial charge in [-0.1, -0.05) is 35.5 Å². The quantitative estimate of drug-likeness (QED) is 0.436. The number of hydrogen-bond acceptors (Lipinski definition) is 4. The first-order valence-corrected chi connectivity index (χ1v) is 9.09. The zero-order valence-electron chi connectivity index (χ0n) is 13.4. The van der Waals surface area contributed by atoms with Crippen LogP contribution in [-0.4, -0.2) is 35.6 Å². The molecule has 0 spiro atoms. The molecule has 0 aliphatic carbocycles. The highest BCUT2D eigenvalue weighted by atomic mass is 35.5. The SMILES string of the molecule is COCCn1c(SCCOc2ccc(Cl)cc2)nc2ccccc21. The third-order valence-electron chi connectivity index (χ3n) is 3.54. The molecule has 0 aliphatic heterocycles. The van der Waals surface area contributed by atoms with Gasteiger partial charge in [-0.15, -0.1) is 0 Å². The molecule has 4 nitrogen and oxygen atoms in total. The Bertz CT molecular complexity index is 789. The molecule has 6 heteroatoms. The summed E-state index contributed by atoms with van der Waals surface area (Å²) in [5.74, 6) is 1.65. The minimum absolute atomic E-state index is 0.611. The van der Waals surface area contributed by atoms with Crippen LogP contribution in [-0.2, 0) is 11.3 Å². The summed E-state index contributed by atoms with van der Waals surface area (Å²) in [7, 11) is 1.71. The van der Waals surface area contributed by atoms with Gasteiger partial charge in [-0.25, -0.2) is 4.98 Å². The van der Waals surface area contributed by atoms with Gasteiger partial charge in [0.05, 0.1) is 24.2 Å². The average Bonchev–Trinajstić information content (AvgIpc) is 2.96. The molecule has 0 N–H and O–H groups in total. The van der Waals surface area contributed by atoms with Crippen LogP contribution in [0.1, 0.15) is 0 Å². The third-order valence-corrected chi connectivity index (χ3v) is 4.73. The van der Waals surface area contributed by atoms with E-state index in [1.165, 1.54) is 0 Å². The summed E-state index contributed by atoms with van der Waals surface area (Å²) in [5.41, 5.74) is 2.14. The van der Waals surface area contributed by atoms with Crippen LogP contribution < -0.4 is 4.74 Å². The van der Waals surface area contributed by atoms with E-state index in [-0.39, 0.29) is 0 Å². The van der Waals surface area contributed by atoms with Crippen LogP contribution in [0, 0.1) is 0 Å². The number of aromatic nitrogens is 2. The van der Waals surface area contributed by atoms with Crippen molar-refractivity contribution in [3.8, 4) is 5.75 Å². The van der Waals surface area contributed by atoms with Crippen molar-refractivity contribution < 1.29 is 9.47 Å². The predicted molar refractivity (Wildman–Crippen MR) is 99.3 cm³/mol. The van der Waals surface area contributed by atoms with Gasteiger partial charge in [0.2, 0.25) is 0 Å². The first-order valence-electron chi connectivity index (χ1n) is 7.73. The summed E-state index contributed by atoms with van der Waals surface area (Å²) in [5, 5.41) is 1.71. The molecule has 0 saturated heterocycles. The van der Waals surface area contributed by atoms with Crippen LogP contribution in [0.15, 0.2) is 53.7 Å². The molecule has 1 heterocycles. The number of rotatable bonds is 8. The lowest BCUT2D eigenvalue weighted by atomic mass is 10.3. The van der Waals surface area contributed by atoms with Crippen LogP contribution in [0.4, 0.5) is 0 Å². The first-order chi connectivity index (χ1) is 11.8. The lowest BCUT2D eigenvalue weighted by molar-refractivity contribution is 0.186. The van der Waals surface area contributed by atoms with Crippen LogP contribution in [0.2, 0.25) is 5.02 Å². The average molecular weight is 363 g/mol. The highest BCUT2D eigenvalue weighted by Gasteiger charge is 2.10. The number of ether oxygens (including phenoxy) is 2. The number of halogens is 1. The van der Waals surface area contributed by atoms with Crippen molar-refractivity contribution in [2.45, 2.75) is 11.7 Å². The Labute approximate surface area is 150 Å². The fourth-order valence-electron chi connectivity index (χ4n) is 2.39. The monoisotopic (exact) mass is 362 g/mol. The third kappa shape index (κ3) is 4.23. The molecular formula is C18H19ClN2O2S. The Balaban J connectivity index is 1.62. The second-order valence-electron chi connectivity index (χ2n) is 5.18. The Hall–Kier alpha value is -1.69. The van der Waals surface area contributed by atoms with E-state index in [2.05, 4.69) is 10.6 Å². The summed E-state index contributed by atoms with van der Waals surface area (Å²) < 4.78 is 13.2. The van der Waals surface area contributed by atoms with E-state index in [4.69, 9.17) is 26.1 Å². The minimum Gasteiger partial charge on any atom is -0.493 e. The van der Waals surface area contributed by atoms with Gasteiger partial charge in [-0.3, -0.25) is 0 Å². The van der Waals surface area contributed by atoms with Crippen molar-refractivity contribution in [2.75, 3.05) is 26.1 Å². The fourth-order valence-corrected chi connectivity index (χ4v) is 3.37. The van der Waals surface area contributed by atoms with Gasteiger partial charge in [0.1, 0.15) is 5.75 Å². The molecule has 0 atom stereocenters. The Kier molecular flexibility index (Phi) is 6.01. The molecule has 0 fully saturated rings. The number of hydrogen-bond donors (Lipinski definition) is 0. The van der Waals surface area contributed by atoms with E-state index in [0.29, 0.717) is 18.2 Å². The van der Waals surface area contributed by atoms with Crippen molar-refractivity contribution in [3.63, 3.8) is 0 Å². The van der Waals surface area contributed by atoms with Gasteiger partial charge in [0.25, 0.3) is 0 Å². The number of thioether (sulfide) groups is 1. The molecule has 0 amide bonds. The lowest BCUT2D eigenvalue weighted by Crippen LogP contribution is -2.07. The van der Waals surface area contributed by atoms with Crippen molar-refractivity contribution in [2.24, 2.45) is 0 Å². The molecule has 2 aromatic carbocycles. The van der Waals surface area contributed by atoms with Gasteiger partial charge >= 0.3 is 0 Å². The van der Waals surface area contributed by atoms with Crippen LogP contribution in [0.5, 0.6) is 5.75 Å². The van der Waals surface area contributed by atoms with Gasteiger partial charge in [-0.05, 0) is 36.4 Å². The van der Waals surface area contributed by atoms with Gasteiger partial charge in [0.15, 0.2) is 5.16 Å². The maximum absolute atomic E-state index is 5.87. The standard InChI is InChI=1S/C18H19ClN2O2S/c1-22-11-10-21-17-5-3-2-4-16(17)20-18(21)24-13-12-23-15-8-6-14(19)7-9-15/h2-9H,10-13H2,1H3. The van der Waals surface area contributed by atoms with E-state index >= 15 is 0 Å². The number of para-hydroxylation sites is 2. The molecule has 126 valence electrons. The number of nitrogens with zero attached hydrogens (tertiary/aromatic N) is 2. The normalized spacial score (nSPS) is 11.1. The van der Waals surface area contributed by atoms with Gasteiger partial charge in [0, 0.05) is 24.4 Å². The number of benzene rings is 2. The predicted octanol–water partition coefficient (Wildman–Crippen LogP) is 4.51. The Morgan fingerprint density at radius 2 is 1.88 bits per heavy atom. The fraction of sp³-hybridized carbons (Fsp3) is 0.278. The van der Waals surface area contributed by atoms with Crippen LogP contribution in [0.3, 0.4) is 0 Å². The number of imidazole rings is 1. The summed E-state index contributed by atoms with van der Waals surface area (Å²) >= 11 is 7.56. The number of fused-ring (bicyclic) bond motifs is 1. The second-order valence-corrected chi connectivity index (χ2v) is 6.68. The maximum atomic E-state index is 5.87. The summed E-state index contributed by atoms with van der Waals surface area (Å²) in [6.45, 7) is 2.06. The molecule has 0 bridgehead atoms. The van der Waals surface area contributed by atoms with Crippen molar-refractivity contribution in [3.05, 3.63) is 53.6 Å². The lowest BCUT2D eigenvalue weighted by Gasteiger charge is -2.09. The highest BCUT2D eigenvalue weighted by molar-refractivity contribution is 7.99. The minimum atomic E-state index is 0.611. The topological polar surface area (TPSA) is 36.3 Å². The van der Waals surface area contributed by atoms with Crippen molar-refractivity contribution in [1.82, 2.24) is 9.55 Å². The summed E-state index contributed by atoms with van der Waals surface area (Å²) in [6, 6.07) is 15.6. The molecule has 24 heavy (non-hydrogen) atoms. The van der Waals surface area contributed by atoms with E-state index in [0.717, 1.165) is 34.2 Å². The smallest absolute Gasteiger partial charge is 0.169 e. The largest absolute Gasteiger partial charge is 0.493 e. The van der Waals surface area contributed by atoms with Crippen LogP contribution >= 0.6 is 23.4 Å². The molecule has 0 radical (unpaired) electrons. The Morgan fingerprint density at radius 1 is 1.08 bits per heavy atom. The molecular weight excluding hydrogens is 344 g/mol. The van der Waals surface area contributed by atoms with Gasteiger partial charge < -0.3 is 14.0 Å². The molecule has 0 aliphatic rings. The number of methoxy groups -OCH3 is 1. The second kappa shape index (κ2) is 8.42. The van der Waals surface area contributed by atoms with Gasteiger partial charge in [-0.2, -0.15) is 0 Å². The zero-order chi connectivity index (χ0) is 16.8. The first kappa shape index (κ1) is 17.1. The van der Waals surface area contributed by atoms with Crippen LogP contribution in [0.25, 0.3) is 11.0 Å². The summed E-state index contributed by atoms with van der Waals surface area (Å²) in [4.78, 5) is 4.72. The highest BCUT2D eigenvalue weighted by Crippen LogP contribution is 2.24. The molecule has 3 aromatic rings. The summed E-state index contributed by atoms with van der Waals surface area (Å²) in [6.07, 6.45) is 0. The molecule has 0 saturated carbocycles. The van der Waals surface area contributed by atoms with E-state index in [1.807, 2.05) is 42.5 Å². The molecule has 3 rings (SSSR count). The molecule has 1 aromatic heterocycles. The Morgan fingerprint density at radius 3 is 2.67 bits per heavy atom. The van der Waals surface area contributed by atoms with E-state index < -0.39 is 0 Å². The van der Waals surface area contributed by atoms with E-state index in [9.17, 15) is 0 Å².